The number of ketones is 2. The summed E-state index contributed by atoms with van der Waals surface area (Å²) in [5, 5.41) is 0. The lowest BCUT2D eigenvalue weighted by molar-refractivity contribution is -0.144. The van der Waals surface area contributed by atoms with Crippen LogP contribution in [-0.2, 0) is 14.3 Å². The smallest absolute Gasteiger partial charge is 0.411 e. The van der Waals surface area contributed by atoms with Crippen molar-refractivity contribution in [3.8, 4) is 0 Å². The number of hydrogen-bond donors (Lipinski definition) is 0. The minimum Gasteiger partial charge on any atom is -0.444 e. The largest absolute Gasteiger partial charge is 0.444 e. The van der Waals surface area contributed by atoms with Crippen LogP contribution in [0.15, 0.2) is 0 Å². The summed E-state index contributed by atoms with van der Waals surface area (Å²) in [5.41, 5.74) is -1.62. The Morgan fingerprint density at radius 1 is 1.18 bits per heavy atom. The Morgan fingerprint density at radius 2 is 1.59 bits per heavy atom. The normalized spacial score (nSPS) is 20.4. The van der Waals surface area contributed by atoms with E-state index in [1.807, 2.05) is 0 Å². The first-order valence-electron chi connectivity index (χ1n) is 5.58. The maximum absolute atomic E-state index is 11.7. The highest BCUT2D eigenvalue weighted by Crippen LogP contribution is 2.24. The van der Waals surface area contributed by atoms with Crippen molar-refractivity contribution in [1.82, 2.24) is 4.90 Å². The van der Waals surface area contributed by atoms with E-state index in [0.717, 1.165) is 4.90 Å². The molecule has 0 saturated carbocycles. The summed E-state index contributed by atoms with van der Waals surface area (Å²) in [6.45, 7) is 8.27. The summed E-state index contributed by atoms with van der Waals surface area (Å²) >= 11 is 0. The molecule has 17 heavy (non-hydrogen) atoms. The van der Waals surface area contributed by atoms with E-state index >= 15 is 0 Å². The summed E-state index contributed by atoms with van der Waals surface area (Å²) in [6.07, 6.45) is -0.616. The molecule has 0 radical (unpaired) electrons. The van der Waals surface area contributed by atoms with Gasteiger partial charge in [0.05, 0.1) is 18.5 Å². The lowest BCUT2D eigenvalue weighted by atomic mass is 9.80. The third kappa shape index (κ3) is 3.05. The summed E-state index contributed by atoms with van der Waals surface area (Å²) < 4.78 is 5.12. The molecule has 0 unspecified atom stereocenters. The van der Waals surface area contributed by atoms with Crippen molar-refractivity contribution >= 4 is 17.7 Å². The zero-order chi connectivity index (χ0) is 13.4. The van der Waals surface area contributed by atoms with Gasteiger partial charge in [-0.05, 0) is 34.6 Å². The van der Waals surface area contributed by atoms with Crippen molar-refractivity contribution in [2.24, 2.45) is 5.41 Å². The average molecular weight is 241 g/mol. The van der Waals surface area contributed by atoms with E-state index < -0.39 is 17.1 Å². The first-order chi connectivity index (χ1) is 7.54. The van der Waals surface area contributed by atoms with Gasteiger partial charge in [-0.15, -0.1) is 0 Å². The molecule has 1 aliphatic rings. The molecule has 0 aliphatic carbocycles. The Kier molecular flexibility index (Phi) is 3.32. The minimum atomic E-state index is -0.988. The number of nitrogens with zero attached hydrogens (tertiary/aromatic N) is 1. The molecule has 96 valence electrons. The molecule has 0 N–H and O–H groups in total. The van der Waals surface area contributed by atoms with Gasteiger partial charge in [0, 0.05) is 0 Å². The fourth-order valence-corrected chi connectivity index (χ4v) is 1.41. The average Bonchev–Trinajstić information content (AvgIpc) is 2.11. The van der Waals surface area contributed by atoms with E-state index in [4.69, 9.17) is 4.74 Å². The lowest BCUT2D eigenvalue weighted by Crippen LogP contribution is -2.54. The summed E-state index contributed by atoms with van der Waals surface area (Å²) in [7, 11) is 0. The number of carbonyl (C=O) groups excluding carboxylic acids is 3. The lowest BCUT2D eigenvalue weighted by Gasteiger charge is -2.34. The molecule has 1 heterocycles. The van der Waals surface area contributed by atoms with Crippen molar-refractivity contribution in [2.45, 2.75) is 40.2 Å². The predicted molar refractivity (Wildman–Crippen MR) is 61.6 cm³/mol. The van der Waals surface area contributed by atoms with Gasteiger partial charge < -0.3 is 4.74 Å². The third-order valence-corrected chi connectivity index (χ3v) is 2.71. The molecular weight excluding hydrogens is 222 g/mol. The summed E-state index contributed by atoms with van der Waals surface area (Å²) in [4.78, 5) is 36.3. The molecule has 1 saturated heterocycles. The number of ether oxygens (including phenoxy) is 1. The number of amides is 1. The van der Waals surface area contributed by atoms with Crippen LogP contribution in [0.3, 0.4) is 0 Å². The Bertz CT molecular complexity index is 345. The summed E-state index contributed by atoms with van der Waals surface area (Å²) in [5.74, 6) is -0.501. The minimum absolute atomic E-state index is 0.0619. The van der Waals surface area contributed by atoms with Crippen molar-refractivity contribution in [2.75, 3.05) is 13.1 Å². The number of hydrogen-bond acceptors (Lipinski definition) is 4. The van der Waals surface area contributed by atoms with Gasteiger partial charge in [0.1, 0.15) is 5.60 Å². The zero-order valence-electron chi connectivity index (χ0n) is 11.0. The van der Waals surface area contributed by atoms with Crippen LogP contribution in [0, 0.1) is 5.41 Å². The Balaban J connectivity index is 2.75. The maximum Gasteiger partial charge on any atom is 0.411 e. The molecule has 5 heteroatoms. The molecule has 0 aromatic heterocycles. The molecule has 0 aromatic rings. The van der Waals surface area contributed by atoms with Gasteiger partial charge in [-0.2, -0.15) is 0 Å². The van der Waals surface area contributed by atoms with Gasteiger partial charge in [-0.25, -0.2) is 4.79 Å². The van der Waals surface area contributed by atoms with Crippen LogP contribution in [0.1, 0.15) is 34.6 Å². The Labute approximate surface area is 101 Å². The second-order valence-corrected chi connectivity index (χ2v) is 5.81. The highest BCUT2D eigenvalue weighted by atomic mass is 16.6. The van der Waals surface area contributed by atoms with Crippen LogP contribution < -0.4 is 0 Å². The van der Waals surface area contributed by atoms with Crippen LogP contribution in [0.5, 0.6) is 0 Å². The van der Waals surface area contributed by atoms with Gasteiger partial charge in [-0.3, -0.25) is 14.5 Å². The van der Waals surface area contributed by atoms with Crippen LogP contribution in [0.2, 0.25) is 0 Å². The predicted octanol–water partition coefficient (Wildman–Crippen LogP) is 1.40. The number of likely N-dealkylation sites (tertiary alicyclic amines) is 1. The third-order valence-electron chi connectivity index (χ3n) is 2.71. The highest BCUT2D eigenvalue weighted by molar-refractivity contribution is 6.11. The first-order valence-corrected chi connectivity index (χ1v) is 5.58. The quantitative estimate of drug-likeness (QED) is 0.601. The second kappa shape index (κ2) is 4.13. The van der Waals surface area contributed by atoms with E-state index in [2.05, 4.69) is 0 Å². The van der Waals surface area contributed by atoms with E-state index in [-0.39, 0.29) is 24.7 Å². The SMILES string of the molecule is CC(C)(C)OC(=O)N1CC(=O)C(C)(C)C(=O)C1. The van der Waals surface area contributed by atoms with Gasteiger partial charge in [0.25, 0.3) is 0 Å². The number of piperidine rings is 1. The molecule has 1 rings (SSSR count). The first kappa shape index (κ1) is 13.7. The molecule has 0 bridgehead atoms. The fraction of sp³-hybridized carbons (Fsp3) is 0.750. The number of rotatable bonds is 0. The maximum atomic E-state index is 11.7. The molecule has 0 atom stereocenters. The molecule has 0 aromatic carbocycles. The topological polar surface area (TPSA) is 63.7 Å². The van der Waals surface area contributed by atoms with Crippen LogP contribution in [0.4, 0.5) is 4.79 Å². The fourth-order valence-electron chi connectivity index (χ4n) is 1.41. The van der Waals surface area contributed by atoms with Crippen LogP contribution in [0.25, 0.3) is 0 Å². The van der Waals surface area contributed by atoms with E-state index in [1.165, 1.54) is 0 Å². The summed E-state index contributed by atoms with van der Waals surface area (Å²) in [6, 6.07) is 0. The second-order valence-electron chi connectivity index (χ2n) is 5.81. The molecular formula is C12H19NO4. The highest BCUT2D eigenvalue weighted by Gasteiger charge is 2.43. The molecule has 1 fully saturated rings. The standard InChI is InChI=1S/C12H19NO4/c1-11(2,3)17-10(16)13-6-8(14)12(4,5)9(15)7-13/h6-7H2,1-5H3. The van der Waals surface area contributed by atoms with Gasteiger partial charge in [0.15, 0.2) is 11.6 Å². The van der Waals surface area contributed by atoms with Crippen molar-refractivity contribution in [1.29, 1.82) is 0 Å². The van der Waals surface area contributed by atoms with Gasteiger partial charge >= 0.3 is 6.09 Å². The number of carbonyl (C=O) groups is 3. The van der Waals surface area contributed by atoms with Crippen molar-refractivity contribution in [3.63, 3.8) is 0 Å². The number of Topliss-reactive ketones (excluding diaryl/α,β-unsaturated/α-hetero) is 2. The van der Waals surface area contributed by atoms with E-state index in [0.29, 0.717) is 0 Å². The Hall–Kier alpha value is -1.39. The van der Waals surface area contributed by atoms with E-state index in [1.54, 1.807) is 34.6 Å². The van der Waals surface area contributed by atoms with Crippen LogP contribution in [-0.4, -0.2) is 41.3 Å². The van der Waals surface area contributed by atoms with Crippen molar-refractivity contribution < 1.29 is 19.1 Å². The van der Waals surface area contributed by atoms with Gasteiger partial charge in [0.2, 0.25) is 0 Å². The molecule has 5 nitrogen and oxygen atoms in total. The molecule has 1 aliphatic heterocycles. The monoisotopic (exact) mass is 241 g/mol. The molecule has 0 spiro atoms. The van der Waals surface area contributed by atoms with Gasteiger partial charge in [-0.1, -0.05) is 0 Å². The van der Waals surface area contributed by atoms with Crippen molar-refractivity contribution in [3.05, 3.63) is 0 Å². The Morgan fingerprint density at radius 3 is 1.94 bits per heavy atom. The zero-order valence-corrected chi connectivity index (χ0v) is 11.0. The molecule has 1 amide bonds. The van der Waals surface area contributed by atoms with E-state index in [9.17, 15) is 14.4 Å². The van der Waals surface area contributed by atoms with Crippen LogP contribution >= 0.6 is 0 Å².